The first-order chi connectivity index (χ1) is 10.7. The Balaban J connectivity index is 1.47. The van der Waals surface area contributed by atoms with Gasteiger partial charge >= 0.3 is 0 Å². The van der Waals surface area contributed by atoms with Crippen LogP contribution in [0.4, 0.5) is 0 Å². The number of aromatic nitrogens is 5. The van der Waals surface area contributed by atoms with Crippen molar-refractivity contribution in [2.24, 2.45) is 0 Å². The normalized spacial score (nSPS) is 14.6. The van der Waals surface area contributed by atoms with Crippen molar-refractivity contribution in [2.75, 3.05) is 0 Å². The highest BCUT2D eigenvalue weighted by Crippen LogP contribution is 2.39. The van der Waals surface area contributed by atoms with E-state index >= 15 is 0 Å². The van der Waals surface area contributed by atoms with Crippen LogP contribution in [-0.4, -0.2) is 25.0 Å². The van der Waals surface area contributed by atoms with Crippen LogP contribution in [0, 0.1) is 6.92 Å². The first-order valence-corrected chi connectivity index (χ1v) is 9.42. The summed E-state index contributed by atoms with van der Waals surface area (Å²) in [5, 5.41) is 17.6. The van der Waals surface area contributed by atoms with Crippen molar-refractivity contribution in [3.8, 4) is 10.8 Å². The van der Waals surface area contributed by atoms with Gasteiger partial charge in [0.2, 0.25) is 5.89 Å². The molecule has 6 nitrogen and oxygen atoms in total. The number of hydrogen-bond acceptors (Lipinski definition) is 7. The molecular formula is C13H12BrN5OS2. The number of nitrogens with zero attached hydrogens (tertiary/aromatic N) is 5. The third-order valence-corrected chi connectivity index (χ3v) is 5.86. The zero-order valence-electron chi connectivity index (χ0n) is 11.7. The molecule has 0 bridgehead atoms. The van der Waals surface area contributed by atoms with Gasteiger partial charge in [-0.3, -0.25) is 0 Å². The molecule has 4 rings (SSSR count). The molecule has 3 aromatic rings. The third-order valence-electron chi connectivity index (χ3n) is 3.32. The van der Waals surface area contributed by atoms with Gasteiger partial charge in [-0.1, -0.05) is 11.8 Å². The van der Waals surface area contributed by atoms with E-state index in [0.717, 1.165) is 19.6 Å². The molecule has 114 valence electrons. The number of halogens is 1. The van der Waals surface area contributed by atoms with Crippen LogP contribution in [0.3, 0.4) is 0 Å². The predicted octanol–water partition coefficient (Wildman–Crippen LogP) is 4.09. The summed E-state index contributed by atoms with van der Waals surface area (Å²) in [7, 11) is 0. The first kappa shape index (κ1) is 14.4. The minimum atomic E-state index is 0.561. The van der Waals surface area contributed by atoms with E-state index in [1.165, 1.54) is 12.8 Å². The van der Waals surface area contributed by atoms with Gasteiger partial charge in [-0.05, 0) is 47.8 Å². The maximum absolute atomic E-state index is 5.72. The summed E-state index contributed by atoms with van der Waals surface area (Å²) in [6.07, 6.45) is 2.43. The van der Waals surface area contributed by atoms with Gasteiger partial charge in [0.1, 0.15) is 5.82 Å². The van der Waals surface area contributed by atoms with Crippen LogP contribution in [0.25, 0.3) is 10.8 Å². The van der Waals surface area contributed by atoms with Gasteiger partial charge in [0.25, 0.3) is 5.89 Å². The molecule has 3 heterocycles. The van der Waals surface area contributed by atoms with Gasteiger partial charge in [0, 0.05) is 6.04 Å². The lowest BCUT2D eigenvalue weighted by atomic mass is 10.5. The maximum Gasteiger partial charge on any atom is 0.257 e. The summed E-state index contributed by atoms with van der Waals surface area (Å²) in [5.74, 6) is 2.74. The molecule has 3 aromatic heterocycles. The molecule has 0 aromatic carbocycles. The van der Waals surface area contributed by atoms with E-state index in [9.17, 15) is 0 Å². The molecule has 0 unspecified atom stereocenters. The molecule has 0 atom stereocenters. The summed E-state index contributed by atoms with van der Waals surface area (Å²) in [5.41, 5.74) is 0. The summed E-state index contributed by atoms with van der Waals surface area (Å²) < 4.78 is 8.97. The second-order valence-corrected chi connectivity index (χ2v) is 8.43. The average molecular weight is 398 g/mol. The number of aryl methyl sites for hydroxylation is 1. The zero-order chi connectivity index (χ0) is 15.1. The van der Waals surface area contributed by atoms with Gasteiger partial charge < -0.3 is 8.98 Å². The molecule has 1 aliphatic rings. The standard InChI is InChI=1S/C13H12BrN5OS2/c1-7-15-18-13(19(7)8-2-3-8)21-6-11-16-17-12(20-11)9-4-5-10(14)22-9/h4-5,8H,2-3,6H2,1H3. The molecule has 0 aliphatic heterocycles. The Labute approximate surface area is 143 Å². The quantitative estimate of drug-likeness (QED) is 0.603. The van der Waals surface area contributed by atoms with Crippen molar-refractivity contribution in [2.45, 2.75) is 36.7 Å². The topological polar surface area (TPSA) is 69.6 Å². The predicted molar refractivity (Wildman–Crippen MR) is 87.9 cm³/mol. The van der Waals surface area contributed by atoms with Crippen molar-refractivity contribution in [1.82, 2.24) is 25.0 Å². The molecular weight excluding hydrogens is 386 g/mol. The Hall–Kier alpha value is -1.19. The van der Waals surface area contributed by atoms with Crippen molar-refractivity contribution in [1.29, 1.82) is 0 Å². The summed E-state index contributed by atoms with van der Waals surface area (Å²) in [4.78, 5) is 0.965. The summed E-state index contributed by atoms with van der Waals surface area (Å²) >= 11 is 6.60. The Morgan fingerprint density at radius 3 is 2.91 bits per heavy atom. The van der Waals surface area contributed by atoms with Crippen molar-refractivity contribution < 1.29 is 4.42 Å². The Kier molecular flexibility index (Phi) is 3.79. The van der Waals surface area contributed by atoms with Gasteiger partial charge in [-0.15, -0.1) is 31.7 Å². The van der Waals surface area contributed by atoms with E-state index in [1.807, 2.05) is 19.1 Å². The van der Waals surface area contributed by atoms with Crippen LogP contribution in [0.1, 0.15) is 30.6 Å². The van der Waals surface area contributed by atoms with Gasteiger partial charge in [-0.2, -0.15) is 0 Å². The lowest BCUT2D eigenvalue weighted by Crippen LogP contribution is -1.99. The fourth-order valence-corrected chi connectivity index (χ4v) is 4.36. The summed E-state index contributed by atoms with van der Waals surface area (Å²) in [6.45, 7) is 1.99. The minimum absolute atomic E-state index is 0.561. The van der Waals surface area contributed by atoms with E-state index in [1.54, 1.807) is 23.1 Å². The van der Waals surface area contributed by atoms with E-state index in [-0.39, 0.29) is 0 Å². The van der Waals surface area contributed by atoms with Crippen molar-refractivity contribution in [3.63, 3.8) is 0 Å². The third kappa shape index (κ3) is 2.84. The van der Waals surface area contributed by atoms with Crippen molar-refractivity contribution in [3.05, 3.63) is 27.6 Å². The average Bonchev–Trinajstić information content (AvgIpc) is 2.92. The Morgan fingerprint density at radius 1 is 1.32 bits per heavy atom. The van der Waals surface area contributed by atoms with E-state index in [2.05, 4.69) is 40.9 Å². The molecule has 9 heteroatoms. The Bertz CT molecular complexity index is 807. The maximum atomic E-state index is 5.72. The number of hydrogen-bond donors (Lipinski definition) is 0. The van der Waals surface area contributed by atoms with Crippen LogP contribution in [0.5, 0.6) is 0 Å². The van der Waals surface area contributed by atoms with Crippen LogP contribution >= 0.6 is 39.0 Å². The fourth-order valence-electron chi connectivity index (χ4n) is 2.17. The van der Waals surface area contributed by atoms with Gasteiger partial charge in [0.05, 0.1) is 14.4 Å². The van der Waals surface area contributed by atoms with Gasteiger partial charge in [-0.25, -0.2) is 0 Å². The number of thioether (sulfide) groups is 1. The van der Waals surface area contributed by atoms with Crippen LogP contribution in [0.15, 0.2) is 25.5 Å². The van der Waals surface area contributed by atoms with Crippen molar-refractivity contribution >= 4 is 39.0 Å². The zero-order valence-corrected chi connectivity index (χ0v) is 14.9. The van der Waals surface area contributed by atoms with Crippen LogP contribution < -0.4 is 0 Å². The first-order valence-electron chi connectivity index (χ1n) is 6.83. The summed E-state index contributed by atoms with van der Waals surface area (Å²) in [6, 6.07) is 4.51. The second-order valence-electron chi connectivity index (χ2n) is 5.02. The highest BCUT2D eigenvalue weighted by Gasteiger charge is 2.28. The smallest absolute Gasteiger partial charge is 0.257 e. The van der Waals surface area contributed by atoms with Crippen LogP contribution in [0.2, 0.25) is 0 Å². The SMILES string of the molecule is Cc1nnc(SCc2nnc(-c3ccc(Br)s3)o2)n1C1CC1. The molecule has 0 radical (unpaired) electrons. The largest absolute Gasteiger partial charge is 0.419 e. The second kappa shape index (κ2) is 5.78. The monoisotopic (exact) mass is 397 g/mol. The van der Waals surface area contributed by atoms with Crippen LogP contribution in [-0.2, 0) is 5.75 Å². The number of thiophene rings is 1. The fraction of sp³-hybridized carbons (Fsp3) is 0.385. The highest BCUT2D eigenvalue weighted by atomic mass is 79.9. The van der Waals surface area contributed by atoms with Gasteiger partial charge in [0.15, 0.2) is 5.16 Å². The molecule has 0 spiro atoms. The molecule has 0 saturated heterocycles. The lowest BCUT2D eigenvalue weighted by molar-refractivity contribution is 0.529. The van der Waals surface area contributed by atoms with E-state index < -0.39 is 0 Å². The molecule has 0 N–H and O–H groups in total. The lowest BCUT2D eigenvalue weighted by Gasteiger charge is -2.04. The highest BCUT2D eigenvalue weighted by molar-refractivity contribution is 9.11. The minimum Gasteiger partial charge on any atom is -0.419 e. The molecule has 22 heavy (non-hydrogen) atoms. The van der Waals surface area contributed by atoms with E-state index in [4.69, 9.17) is 4.42 Å². The molecule has 1 fully saturated rings. The number of rotatable bonds is 5. The molecule has 1 saturated carbocycles. The Morgan fingerprint density at radius 2 is 2.18 bits per heavy atom. The molecule has 1 aliphatic carbocycles. The van der Waals surface area contributed by atoms with E-state index in [0.29, 0.717) is 23.6 Å². The molecule has 0 amide bonds.